The van der Waals surface area contributed by atoms with Crippen molar-refractivity contribution in [3.8, 4) is 0 Å². The molecule has 0 spiro atoms. The average molecular weight is 395 g/mol. The first-order valence-electron chi connectivity index (χ1n) is 8.75. The summed E-state index contributed by atoms with van der Waals surface area (Å²) < 4.78 is 5.02. The summed E-state index contributed by atoms with van der Waals surface area (Å²) in [6, 6.07) is 19.6. The molecule has 3 aromatic rings. The van der Waals surface area contributed by atoms with Crippen LogP contribution in [0.15, 0.2) is 65.7 Å². The van der Waals surface area contributed by atoms with Gasteiger partial charge in [-0.25, -0.2) is 9.78 Å². The summed E-state index contributed by atoms with van der Waals surface area (Å²) in [6.07, 6.45) is 0. The molecule has 0 aliphatic heterocycles. The van der Waals surface area contributed by atoms with E-state index in [0.717, 1.165) is 11.3 Å². The Kier molecular flexibility index (Phi) is 6.49. The maximum absolute atomic E-state index is 12.6. The van der Waals surface area contributed by atoms with Crippen molar-refractivity contribution in [3.63, 3.8) is 0 Å². The molecule has 144 valence electrons. The van der Waals surface area contributed by atoms with Crippen molar-refractivity contribution in [2.24, 2.45) is 0 Å². The van der Waals surface area contributed by atoms with Crippen LogP contribution in [0.5, 0.6) is 0 Å². The van der Waals surface area contributed by atoms with Gasteiger partial charge in [0.05, 0.1) is 7.11 Å². The van der Waals surface area contributed by atoms with Gasteiger partial charge in [-0.2, -0.15) is 4.98 Å². The molecule has 0 amide bonds. The van der Waals surface area contributed by atoms with Gasteiger partial charge in [-0.15, -0.1) is 11.8 Å². The van der Waals surface area contributed by atoms with E-state index >= 15 is 0 Å². The summed E-state index contributed by atoms with van der Waals surface area (Å²) in [5.74, 6) is 1.15. The number of thioether (sulfide) groups is 1. The number of nitrogens with one attached hydrogen (secondary N) is 1. The molecule has 0 aliphatic carbocycles. The number of ether oxygens (including phenoxy) is 1. The molecule has 1 aromatic heterocycles. The number of para-hydroxylation sites is 1. The van der Waals surface area contributed by atoms with Crippen LogP contribution in [0.4, 0.5) is 17.5 Å². The van der Waals surface area contributed by atoms with Crippen LogP contribution in [0.25, 0.3) is 0 Å². The molecule has 3 rings (SSSR count). The predicted octanol–water partition coefficient (Wildman–Crippen LogP) is 4.37. The lowest BCUT2D eigenvalue weighted by Crippen LogP contribution is -2.18. The number of aromatic nitrogens is 2. The van der Waals surface area contributed by atoms with Crippen LogP contribution in [0, 0.1) is 0 Å². The highest BCUT2D eigenvalue weighted by Gasteiger charge is 2.23. The molecule has 2 aromatic carbocycles. The van der Waals surface area contributed by atoms with Crippen LogP contribution in [-0.2, 0) is 10.5 Å². The minimum atomic E-state index is -0.473. The summed E-state index contributed by atoms with van der Waals surface area (Å²) in [5.41, 5.74) is 2.30. The number of rotatable bonds is 7. The van der Waals surface area contributed by atoms with E-state index in [2.05, 4.69) is 15.3 Å². The lowest BCUT2D eigenvalue weighted by atomic mass is 10.2. The third-order valence-corrected chi connectivity index (χ3v) is 4.95. The molecule has 0 fully saturated rings. The maximum Gasteiger partial charge on any atom is 0.344 e. The molecule has 0 saturated heterocycles. The van der Waals surface area contributed by atoms with Gasteiger partial charge in [-0.1, -0.05) is 48.5 Å². The lowest BCUT2D eigenvalue weighted by Gasteiger charge is -2.18. The number of carbonyl (C=O) groups is 1. The SMILES string of the molecule is COC(=O)c1c(Nc2ccccc2)nc(N(C)C)nc1SCc1ccccc1. The fraction of sp³-hybridized carbons (Fsp3) is 0.190. The van der Waals surface area contributed by atoms with Crippen LogP contribution in [-0.4, -0.2) is 37.1 Å². The summed E-state index contributed by atoms with van der Waals surface area (Å²) >= 11 is 1.48. The van der Waals surface area contributed by atoms with Crippen molar-refractivity contribution >= 4 is 35.2 Å². The Bertz CT molecular complexity index is 934. The van der Waals surface area contributed by atoms with E-state index in [1.54, 1.807) is 0 Å². The zero-order valence-corrected chi connectivity index (χ0v) is 16.9. The van der Waals surface area contributed by atoms with Gasteiger partial charge in [0.25, 0.3) is 0 Å². The normalized spacial score (nSPS) is 10.4. The van der Waals surface area contributed by atoms with Gasteiger partial charge >= 0.3 is 5.97 Å². The smallest absolute Gasteiger partial charge is 0.344 e. The van der Waals surface area contributed by atoms with Crippen molar-refractivity contribution in [3.05, 3.63) is 71.8 Å². The lowest BCUT2D eigenvalue weighted by molar-refractivity contribution is 0.0596. The van der Waals surface area contributed by atoms with Crippen LogP contribution < -0.4 is 10.2 Å². The summed E-state index contributed by atoms with van der Waals surface area (Å²) in [6.45, 7) is 0. The second kappa shape index (κ2) is 9.23. The first-order chi connectivity index (χ1) is 13.6. The molecular formula is C21H22N4O2S. The van der Waals surface area contributed by atoms with Crippen LogP contribution in [0.1, 0.15) is 15.9 Å². The molecule has 0 bridgehead atoms. The maximum atomic E-state index is 12.6. The number of anilines is 3. The highest BCUT2D eigenvalue weighted by molar-refractivity contribution is 7.98. The summed E-state index contributed by atoms with van der Waals surface area (Å²) in [5, 5.41) is 3.81. The largest absolute Gasteiger partial charge is 0.465 e. The molecule has 28 heavy (non-hydrogen) atoms. The average Bonchev–Trinajstić information content (AvgIpc) is 2.73. The molecule has 1 heterocycles. The Hall–Kier alpha value is -3.06. The molecule has 0 saturated carbocycles. The standard InChI is InChI=1S/C21H22N4O2S/c1-25(2)21-23-18(22-16-12-8-5-9-13-16)17(20(26)27-3)19(24-21)28-14-15-10-6-4-7-11-15/h4-13H,14H2,1-3H3,(H,22,23,24). The zero-order valence-electron chi connectivity index (χ0n) is 16.0. The van der Waals surface area contributed by atoms with E-state index < -0.39 is 5.97 Å². The summed E-state index contributed by atoms with van der Waals surface area (Å²) in [7, 11) is 5.09. The van der Waals surface area contributed by atoms with Gasteiger partial charge in [-0.05, 0) is 17.7 Å². The van der Waals surface area contributed by atoms with E-state index in [1.165, 1.54) is 18.9 Å². The van der Waals surface area contributed by atoms with Crippen molar-refractivity contribution in [1.29, 1.82) is 0 Å². The van der Waals surface area contributed by atoms with Crippen molar-refractivity contribution in [1.82, 2.24) is 9.97 Å². The molecule has 7 heteroatoms. The number of methoxy groups -OCH3 is 1. The number of hydrogen-bond donors (Lipinski definition) is 1. The Morgan fingerprint density at radius 2 is 1.68 bits per heavy atom. The topological polar surface area (TPSA) is 67.3 Å². The predicted molar refractivity (Wildman–Crippen MR) is 113 cm³/mol. The van der Waals surface area contributed by atoms with Gasteiger partial charge < -0.3 is 15.0 Å². The second-order valence-corrected chi connectivity index (χ2v) is 7.17. The zero-order chi connectivity index (χ0) is 19.9. The van der Waals surface area contributed by atoms with Crippen LogP contribution in [0.2, 0.25) is 0 Å². The highest BCUT2D eigenvalue weighted by Crippen LogP contribution is 2.32. The third-order valence-electron chi connectivity index (χ3n) is 3.91. The van der Waals surface area contributed by atoms with E-state index in [-0.39, 0.29) is 0 Å². The van der Waals surface area contributed by atoms with Gasteiger partial charge in [-0.3, -0.25) is 0 Å². The summed E-state index contributed by atoms with van der Waals surface area (Å²) in [4.78, 5) is 23.5. The minimum Gasteiger partial charge on any atom is -0.465 e. The van der Waals surface area contributed by atoms with Crippen molar-refractivity contribution in [2.75, 3.05) is 31.4 Å². The molecule has 0 radical (unpaired) electrons. The number of hydrogen-bond acceptors (Lipinski definition) is 7. The number of carbonyl (C=O) groups excluding carboxylic acids is 1. The fourth-order valence-corrected chi connectivity index (χ4v) is 3.46. The Morgan fingerprint density at radius 3 is 2.29 bits per heavy atom. The van der Waals surface area contributed by atoms with E-state index in [0.29, 0.717) is 28.1 Å². The highest BCUT2D eigenvalue weighted by atomic mass is 32.2. The fourth-order valence-electron chi connectivity index (χ4n) is 2.49. The van der Waals surface area contributed by atoms with E-state index in [9.17, 15) is 4.79 Å². The third kappa shape index (κ3) is 4.80. The van der Waals surface area contributed by atoms with Crippen LogP contribution in [0.3, 0.4) is 0 Å². The quantitative estimate of drug-likeness (QED) is 0.363. The minimum absolute atomic E-state index is 0.331. The molecule has 0 unspecified atom stereocenters. The van der Waals surface area contributed by atoms with E-state index in [4.69, 9.17) is 4.74 Å². The molecular weight excluding hydrogens is 372 g/mol. The van der Waals surface area contributed by atoms with E-state index in [1.807, 2.05) is 79.7 Å². The first-order valence-corrected chi connectivity index (χ1v) is 9.73. The van der Waals surface area contributed by atoms with Crippen LogP contribution >= 0.6 is 11.8 Å². The first kappa shape index (κ1) is 19.7. The Morgan fingerprint density at radius 1 is 1.04 bits per heavy atom. The molecule has 0 atom stereocenters. The van der Waals surface area contributed by atoms with Gasteiger partial charge in [0.1, 0.15) is 10.6 Å². The number of esters is 1. The number of benzene rings is 2. The Balaban J connectivity index is 2.03. The molecule has 0 aliphatic rings. The molecule has 6 nitrogen and oxygen atoms in total. The van der Waals surface area contributed by atoms with Crippen molar-refractivity contribution < 1.29 is 9.53 Å². The number of nitrogens with zero attached hydrogens (tertiary/aromatic N) is 3. The van der Waals surface area contributed by atoms with Gasteiger partial charge in [0, 0.05) is 25.5 Å². The van der Waals surface area contributed by atoms with Crippen molar-refractivity contribution in [2.45, 2.75) is 10.8 Å². The monoisotopic (exact) mass is 394 g/mol. The second-order valence-electron chi connectivity index (χ2n) is 6.20. The van der Waals surface area contributed by atoms with Gasteiger partial charge in [0.15, 0.2) is 5.82 Å². The Labute approximate surface area is 169 Å². The van der Waals surface area contributed by atoms with Gasteiger partial charge in [0.2, 0.25) is 5.95 Å². The molecule has 1 N–H and O–H groups in total.